The van der Waals surface area contributed by atoms with Crippen molar-refractivity contribution in [3.63, 3.8) is 0 Å². The van der Waals surface area contributed by atoms with Gasteiger partial charge in [0.15, 0.2) is 31.2 Å². The number of carbonyl (C=O) groups is 2. The molecule has 1 aliphatic carbocycles. The first-order valence-corrected chi connectivity index (χ1v) is 12.6. The van der Waals surface area contributed by atoms with E-state index in [0.29, 0.717) is 0 Å². The molecule has 0 saturated heterocycles. The Morgan fingerprint density at radius 2 is 1.60 bits per heavy atom. The Morgan fingerprint density at radius 1 is 1.03 bits per heavy atom. The van der Waals surface area contributed by atoms with Crippen LogP contribution in [0.5, 0.6) is 0 Å². The van der Waals surface area contributed by atoms with Gasteiger partial charge in [0.05, 0.1) is 32.1 Å². The van der Waals surface area contributed by atoms with E-state index in [4.69, 9.17) is 11.6 Å². The first-order chi connectivity index (χ1) is 13.6. The Kier molecular flexibility index (Phi) is 5.07. The first-order valence-electron chi connectivity index (χ1n) is 8.94. The summed E-state index contributed by atoms with van der Waals surface area (Å²) in [5.41, 5.74) is -3.14. The molecule has 3 rings (SSSR count). The van der Waals surface area contributed by atoms with Crippen LogP contribution in [0.1, 0.15) is 31.9 Å². The Bertz CT molecular complexity index is 1310. The van der Waals surface area contributed by atoms with E-state index in [-0.39, 0.29) is 31.5 Å². The molecule has 160 valence electrons. The highest BCUT2D eigenvalue weighted by molar-refractivity contribution is 7.98. The molecule has 1 unspecified atom stereocenters. The first kappa shape index (κ1) is 22.6. The number of sulfone groups is 2. The number of Topliss-reactive ketones (excluding diaryl/α,β-unsaturated/α-hetero) is 2. The summed E-state index contributed by atoms with van der Waals surface area (Å²) in [6.07, 6.45) is 0.931. The standard InChI is InChI=1S/C20H19ClO7S2/c1-11-12(5-6-13-15(11)30(27,28)10-9-29(13,25)26)14-16(21)20(4,7-8-22)18(24)19(2,3)17(14)23/h5-7H,9-10H2,1-4H3. The molecule has 0 saturated carbocycles. The number of benzene rings is 1. The molecule has 0 aromatic heterocycles. The zero-order valence-corrected chi connectivity index (χ0v) is 19.1. The van der Waals surface area contributed by atoms with Crippen molar-refractivity contribution >= 4 is 54.4 Å². The minimum Gasteiger partial charge on any atom is -0.297 e. The number of carbonyl (C=O) groups excluding carboxylic acids is 3. The quantitative estimate of drug-likeness (QED) is 0.479. The lowest BCUT2D eigenvalue weighted by Crippen LogP contribution is -2.48. The van der Waals surface area contributed by atoms with Gasteiger partial charge in [-0.2, -0.15) is 0 Å². The van der Waals surface area contributed by atoms with Crippen LogP contribution in [-0.4, -0.2) is 45.8 Å². The van der Waals surface area contributed by atoms with E-state index in [1.165, 1.54) is 33.8 Å². The Balaban J connectivity index is 2.47. The number of hydrogen-bond acceptors (Lipinski definition) is 7. The zero-order chi connectivity index (χ0) is 22.9. The highest BCUT2D eigenvalue weighted by atomic mass is 35.5. The molecule has 0 fully saturated rings. The van der Waals surface area contributed by atoms with Gasteiger partial charge in [0, 0.05) is 16.7 Å². The van der Waals surface area contributed by atoms with E-state index in [1.807, 2.05) is 0 Å². The van der Waals surface area contributed by atoms with Gasteiger partial charge in [0.1, 0.15) is 5.94 Å². The van der Waals surface area contributed by atoms with Crippen LogP contribution in [0.15, 0.2) is 33.0 Å². The van der Waals surface area contributed by atoms with Crippen LogP contribution in [0.2, 0.25) is 0 Å². The third-order valence-electron chi connectivity index (χ3n) is 5.76. The molecular formula is C20H19ClO7S2. The van der Waals surface area contributed by atoms with Crippen molar-refractivity contribution in [3.05, 3.63) is 34.4 Å². The molecule has 7 nitrogen and oxygen atoms in total. The van der Waals surface area contributed by atoms with Gasteiger partial charge in [0.2, 0.25) is 0 Å². The van der Waals surface area contributed by atoms with Crippen LogP contribution in [0.4, 0.5) is 0 Å². The third-order valence-corrected chi connectivity index (χ3v) is 10.4. The van der Waals surface area contributed by atoms with Crippen molar-refractivity contribution in [2.24, 2.45) is 10.8 Å². The van der Waals surface area contributed by atoms with Crippen LogP contribution in [0, 0.1) is 17.8 Å². The van der Waals surface area contributed by atoms with Crippen molar-refractivity contribution in [1.29, 1.82) is 0 Å². The molecule has 10 heteroatoms. The fraction of sp³-hybridized carbons (Fsp3) is 0.400. The number of fused-ring (bicyclic) bond motifs is 1. The number of rotatable bonds is 2. The normalized spacial score (nSPS) is 26.7. The number of allylic oxidation sites excluding steroid dienone is 3. The average Bonchev–Trinajstić information content (AvgIpc) is 2.64. The van der Waals surface area contributed by atoms with E-state index in [1.54, 1.807) is 5.94 Å². The molecule has 0 bridgehead atoms. The van der Waals surface area contributed by atoms with Crippen LogP contribution in [0.25, 0.3) is 5.57 Å². The summed E-state index contributed by atoms with van der Waals surface area (Å²) in [7, 11) is -7.71. The maximum absolute atomic E-state index is 13.2. The Hall–Kier alpha value is -2.06. The summed E-state index contributed by atoms with van der Waals surface area (Å²) in [5.74, 6) is -0.776. The van der Waals surface area contributed by atoms with E-state index >= 15 is 0 Å². The summed E-state index contributed by atoms with van der Waals surface area (Å²) in [5, 5.41) is -0.237. The predicted octanol–water partition coefficient (Wildman–Crippen LogP) is 2.08. The van der Waals surface area contributed by atoms with E-state index < -0.39 is 53.6 Å². The highest BCUT2D eigenvalue weighted by Crippen LogP contribution is 2.50. The van der Waals surface area contributed by atoms with Gasteiger partial charge in [-0.05, 0) is 44.9 Å². The molecule has 0 N–H and O–H groups in total. The van der Waals surface area contributed by atoms with E-state index in [0.717, 1.165) is 12.1 Å². The number of ketones is 2. The number of halogens is 1. The molecule has 0 radical (unpaired) electrons. The van der Waals surface area contributed by atoms with Gasteiger partial charge in [-0.3, -0.25) is 9.59 Å². The molecule has 2 aliphatic rings. The monoisotopic (exact) mass is 470 g/mol. The Labute approximate surface area is 179 Å². The van der Waals surface area contributed by atoms with Gasteiger partial charge < -0.3 is 0 Å². The smallest absolute Gasteiger partial charge is 0.180 e. The molecule has 1 atom stereocenters. The second-order valence-electron chi connectivity index (χ2n) is 8.14. The van der Waals surface area contributed by atoms with Crippen molar-refractivity contribution in [3.8, 4) is 0 Å². The second kappa shape index (κ2) is 6.72. The summed E-state index contributed by atoms with van der Waals surface area (Å²) in [6, 6.07) is 2.46. The lowest BCUT2D eigenvalue weighted by atomic mass is 9.62. The van der Waals surface area contributed by atoms with E-state index in [9.17, 15) is 31.2 Å². The number of hydrogen-bond donors (Lipinski definition) is 0. The second-order valence-corrected chi connectivity index (χ2v) is 12.6. The van der Waals surface area contributed by atoms with E-state index in [2.05, 4.69) is 0 Å². The fourth-order valence-corrected chi connectivity index (χ4v) is 8.94. The highest BCUT2D eigenvalue weighted by Gasteiger charge is 2.54. The van der Waals surface area contributed by atoms with Gasteiger partial charge in [0.25, 0.3) is 0 Å². The topological polar surface area (TPSA) is 119 Å². The maximum Gasteiger partial charge on any atom is 0.180 e. The Morgan fingerprint density at radius 3 is 2.17 bits per heavy atom. The lowest BCUT2D eigenvalue weighted by molar-refractivity contribution is -0.140. The molecular weight excluding hydrogens is 452 g/mol. The SMILES string of the molecule is Cc1c(C2=C(Cl)C(C)(C=C=O)C(=O)C(C)(C)C2=O)ccc2c1S(=O)(=O)CCS2(=O)=O. The van der Waals surface area contributed by atoms with Gasteiger partial charge in [-0.15, -0.1) is 0 Å². The maximum atomic E-state index is 13.2. The van der Waals surface area contributed by atoms with Crippen LogP contribution >= 0.6 is 11.6 Å². The van der Waals surface area contributed by atoms with Crippen molar-refractivity contribution in [2.45, 2.75) is 37.5 Å². The molecule has 0 amide bonds. The summed E-state index contributed by atoms with van der Waals surface area (Å²) in [6.45, 7) is 5.57. The van der Waals surface area contributed by atoms with Gasteiger partial charge >= 0.3 is 0 Å². The van der Waals surface area contributed by atoms with Crippen molar-refractivity contribution in [2.75, 3.05) is 11.5 Å². The molecule has 1 aromatic carbocycles. The summed E-state index contributed by atoms with van der Waals surface area (Å²) in [4.78, 5) is 36.6. The molecule has 0 spiro atoms. The third kappa shape index (κ3) is 2.95. The van der Waals surface area contributed by atoms with Gasteiger partial charge in [-0.25, -0.2) is 21.6 Å². The lowest BCUT2D eigenvalue weighted by Gasteiger charge is -2.39. The average molecular weight is 471 g/mol. The van der Waals surface area contributed by atoms with Crippen molar-refractivity contribution in [1.82, 2.24) is 0 Å². The predicted molar refractivity (Wildman–Crippen MR) is 110 cm³/mol. The molecule has 1 aromatic rings. The zero-order valence-electron chi connectivity index (χ0n) is 16.7. The minimum absolute atomic E-state index is 0.0554. The van der Waals surface area contributed by atoms with Crippen LogP contribution in [0.3, 0.4) is 0 Å². The summed E-state index contributed by atoms with van der Waals surface area (Å²) < 4.78 is 50.2. The largest absolute Gasteiger partial charge is 0.297 e. The van der Waals surface area contributed by atoms with Crippen LogP contribution < -0.4 is 0 Å². The fourth-order valence-electron chi connectivity index (χ4n) is 4.01. The molecule has 1 aliphatic heterocycles. The summed E-state index contributed by atoms with van der Waals surface area (Å²) >= 11 is 6.46. The van der Waals surface area contributed by atoms with Crippen molar-refractivity contribution < 1.29 is 31.2 Å². The van der Waals surface area contributed by atoms with Gasteiger partial charge in [-0.1, -0.05) is 17.7 Å². The molecule has 30 heavy (non-hydrogen) atoms. The molecule has 1 heterocycles. The van der Waals surface area contributed by atoms with Crippen LogP contribution in [-0.2, 0) is 34.1 Å². The minimum atomic E-state index is -3.91.